The predicted molar refractivity (Wildman–Crippen MR) is 61.9 cm³/mol. The largest absolute Gasteiger partial charge is 0.496 e. The third-order valence-electron chi connectivity index (χ3n) is 1.84. The van der Waals surface area contributed by atoms with Crippen molar-refractivity contribution >= 4 is 28.0 Å². The SMILES string of the molecule is COc1ccc(Br)cc1/C=C(\C#N)C(=O)O. The molecule has 1 rings (SSSR count). The molecule has 5 heteroatoms. The minimum Gasteiger partial charge on any atom is -0.496 e. The number of nitrogens with zero attached hydrogens (tertiary/aromatic N) is 1. The summed E-state index contributed by atoms with van der Waals surface area (Å²) in [5, 5.41) is 17.4. The molecule has 0 unspecified atom stereocenters. The number of ether oxygens (including phenoxy) is 1. The van der Waals surface area contributed by atoms with Crippen LogP contribution in [0.25, 0.3) is 6.08 Å². The fraction of sp³-hybridized carbons (Fsp3) is 0.0909. The highest BCUT2D eigenvalue weighted by molar-refractivity contribution is 9.10. The number of carbonyl (C=O) groups is 1. The van der Waals surface area contributed by atoms with E-state index >= 15 is 0 Å². The van der Waals surface area contributed by atoms with Crippen LogP contribution in [0.2, 0.25) is 0 Å². The lowest BCUT2D eigenvalue weighted by Gasteiger charge is -2.05. The van der Waals surface area contributed by atoms with Gasteiger partial charge in [-0.1, -0.05) is 15.9 Å². The second-order valence-corrected chi connectivity index (χ2v) is 3.78. The van der Waals surface area contributed by atoms with Crippen LogP contribution in [0.4, 0.5) is 0 Å². The molecule has 16 heavy (non-hydrogen) atoms. The number of carboxylic acids is 1. The monoisotopic (exact) mass is 281 g/mol. The number of benzene rings is 1. The highest BCUT2D eigenvalue weighted by atomic mass is 79.9. The van der Waals surface area contributed by atoms with Gasteiger partial charge in [-0.3, -0.25) is 0 Å². The molecule has 0 amide bonds. The van der Waals surface area contributed by atoms with E-state index in [1.807, 2.05) is 0 Å². The second-order valence-electron chi connectivity index (χ2n) is 2.86. The molecule has 0 saturated heterocycles. The molecule has 1 N–H and O–H groups in total. The summed E-state index contributed by atoms with van der Waals surface area (Å²) < 4.78 is 5.84. The summed E-state index contributed by atoms with van der Waals surface area (Å²) in [6, 6.07) is 6.75. The molecule has 0 saturated carbocycles. The lowest BCUT2D eigenvalue weighted by atomic mass is 10.1. The topological polar surface area (TPSA) is 70.3 Å². The Morgan fingerprint density at radius 3 is 2.81 bits per heavy atom. The number of rotatable bonds is 3. The van der Waals surface area contributed by atoms with Crippen LogP contribution in [0.3, 0.4) is 0 Å². The third-order valence-corrected chi connectivity index (χ3v) is 2.34. The van der Waals surface area contributed by atoms with Gasteiger partial charge in [0.2, 0.25) is 0 Å². The molecule has 0 aromatic heterocycles. The van der Waals surface area contributed by atoms with Crippen LogP contribution in [0, 0.1) is 11.3 Å². The first-order valence-corrected chi connectivity index (χ1v) is 5.06. The van der Waals surface area contributed by atoms with Crippen molar-refractivity contribution in [2.24, 2.45) is 0 Å². The first-order valence-electron chi connectivity index (χ1n) is 4.27. The average molecular weight is 282 g/mol. The van der Waals surface area contributed by atoms with Gasteiger partial charge < -0.3 is 9.84 Å². The second kappa shape index (κ2) is 5.33. The van der Waals surface area contributed by atoms with Crippen molar-refractivity contribution in [1.82, 2.24) is 0 Å². The molecule has 0 spiro atoms. The van der Waals surface area contributed by atoms with Crippen LogP contribution in [0.15, 0.2) is 28.2 Å². The van der Waals surface area contributed by atoms with E-state index in [-0.39, 0.29) is 5.57 Å². The Morgan fingerprint density at radius 2 is 2.31 bits per heavy atom. The molecule has 1 aromatic carbocycles. The van der Waals surface area contributed by atoms with Crippen molar-refractivity contribution in [2.45, 2.75) is 0 Å². The fourth-order valence-corrected chi connectivity index (χ4v) is 1.49. The minimum atomic E-state index is -1.26. The van der Waals surface area contributed by atoms with Gasteiger partial charge in [0.1, 0.15) is 17.4 Å². The molecule has 0 aliphatic heterocycles. The summed E-state index contributed by atoms with van der Waals surface area (Å²) in [7, 11) is 1.48. The third kappa shape index (κ3) is 2.84. The number of hydrogen-bond acceptors (Lipinski definition) is 3. The van der Waals surface area contributed by atoms with Crippen molar-refractivity contribution in [3.05, 3.63) is 33.8 Å². The van der Waals surface area contributed by atoms with Crippen LogP contribution < -0.4 is 4.74 Å². The standard InChI is InChI=1S/C11H8BrNO3/c1-16-10-3-2-9(12)5-7(10)4-8(6-13)11(14)15/h2-5H,1H3,(H,14,15)/b8-4+. The molecule has 1 aromatic rings. The first-order chi connectivity index (χ1) is 7.58. The highest BCUT2D eigenvalue weighted by Gasteiger charge is 2.08. The molecule has 4 nitrogen and oxygen atoms in total. The highest BCUT2D eigenvalue weighted by Crippen LogP contribution is 2.25. The van der Waals surface area contributed by atoms with Crippen LogP contribution in [-0.2, 0) is 4.79 Å². The zero-order valence-corrected chi connectivity index (χ0v) is 9.98. The molecule has 0 radical (unpaired) electrons. The molecule has 0 fully saturated rings. The summed E-state index contributed by atoms with van der Waals surface area (Å²) in [6.45, 7) is 0. The lowest BCUT2D eigenvalue weighted by molar-refractivity contribution is -0.132. The van der Waals surface area contributed by atoms with E-state index in [1.165, 1.54) is 13.2 Å². The number of nitriles is 1. The van der Waals surface area contributed by atoms with E-state index in [0.717, 1.165) is 4.47 Å². The van der Waals surface area contributed by atoms with E-state index in [2.05, 4.69) is 15.9 Å². The summed E-state index contributed by atoms with van der Waals surface area (Å²) in [5.74, 6) is -0.748. The maximum atomic E-state index is 10.7. The molecule has 0 heterocycles. The molecule has 0 aliphatic carbocycles. The van der Waals surface area contributed by atoms with Gasteiger partial charge in [0.05, 0.1) is 7.11 Å². The summed E-state index contributed by atoms with van der Waals surface area (Å²) in [4.78, 5) is 10.7. The van der Waals surface area contributed by atoms with Crippen molar-refractivity contribution in [1.29, 1.82) is 5.26 Å². The van der Waals surface area contributed by atoms with Crippen LogP contribution in [-0.4, -0.2) is 18.2 Å². The molecule has 0 bridgehead atoms. The normalized spacial score (nSPS) is 10.7. The number of aliphatic carboxylic acids is 1. The van der Waals surface area contributed by atoms with Crippen molar-refractivity contribution < 1.29 is 14.6 Å². The Morgan fingerprint density at radius 1 is 1.62 bits per heavy atom. The maximum absolute atomic E-state index is 10.7. The van der Waals surface area contributed by atoms with Gasteiger partial charge >= 0.3 is 5.97 Å². The van der Waals surface area contributed by atoms with Gasteiger partial charge in [0.25, 0.3) is 0 Å². The van der Waals surface area contributed by atoms with Gasteiger partial charge in [0.15, 0.2) is 0 Å². The van der Waals surface area contributed by atoms with Crippen LogP contribution in [0.5, 0.6) is 5.75 Å². The van der Waals surface area contributed by atoms with Crippen molar-refractivity contribution in [3.63, 3.8) is 0 Å². The van der Waals surface area contributed by atoms with Crippen molar-refractivity contribution in [3.8, 4) is 11.8 Å². The zero-order chi connectivity index (χ0) is 12.1. The summed E-state index contributed by atoms with van der Waals surface area (Å²) in [5.41, 5.74) is 0.201. The first kappa shape index (κ1) is 12.3. The number of carboxylic acid groups (broad SMARTS) is 1. The number of hydrogen-bond donors (Lipinski definition) is 1. The molecule has 82 valence electrons. The Labute approximate surface area is 101 Å². The van der Waals surface area contributed by atoms with Gasteiger partial charge in [-0.15, -0.1) is 0 Å². The van der Waals surface area contributed by atoms with Crippen LogP contribution in [0.1, 0.15) is 5.56 Å². The van der Waals surface area contributed by atoms with E-state index < -0.39 is 5.97 Å². The molecular formula is C11H8BrNO3. The summed E-state index contributed by atoms with van der Waals surface area (Å²) in [6.07, 6.45) is 1.27. The van der Waals surface area contributed by atoms with Gasteiger partial charge in [-0.2, -0.15) is 5.26 Å². The van der Waals surface area contributed by atoms with E-state index in [4.69, 9.17) is 15.1 Å². The van der Waals surface area contributed by atoms with Crippen LogP contribution >= 0.6 is 15.9 Å². The van der Waals surface area contributed by atoms with Crippen molar-refractivity contribution in [2.75, 3.05) is 7.11 Å². The molecule has 0 aliphatic rings. The zero-order valence-electron chi connectivity index (χ0n) is 8.40. The minimum absolute atomic E-state index is 0.337. The predicted octanol–water partition coefficient (Wildman–Crippen LogP) is 2.45. The average Bonchev–Trinajstić information content (AvgIpc) is 2.25. The Kier molecular flexibility index (Phi) is 4.09. The van der Waals surface area contributed by atoms with E-state index in [9.17, 15) is 4.79 Å². The summed E-state index contributed by atoms with van der Waals surface area (Å²) >= 11 is 3.26. The van der Waals surface area contributed by atoms with E-state index in [0.29, 0.717) is 11.3 Å². The Hall–Kier alpha value is -1.80. The lowest BCUT2D eigenvalue weighted by Crippen LogP contribution is -1.98. The van der Waals surface area contributed by atoms with Gasteiger partial charge in [0, 0.05) is 10.0 Å². The number of methoxy groups -OCH3 is 1. The molecule has 0 atom stereocenters. The smallest absolute Gasteiger partial charge is 0.346 e. The van der Waals surface area contributed by atoms with E-state index in [1.54, 1.807) is 24.3 Å². The van der Waals surface area contributed by atoms with Gasteiger partial charge in [-0.25, -0.2) is 4.79 Å². The number of halogens is 1. The maximum Gasteiger partial charge on any atom is 0.346 e. The quantitative estimate of drug-likeness (QED) is 0.682. The Bertz CT molecular complexity index is 488. The Balaban J connectivity index is 3.27. The van der Waals surface area contributed by atoms with Gasteiger partial charge in [-0.05, 0) is 24.3 Å². The molecular weight excluding hydrogens is 274 g/mol. The fourth-order valence-electron chi connectivity index (χ4n) is 1.12.